The highest BCUT2D eigenvalue weighted by Crippen LogP contribution is 2.39. The molecule has 82 valence electrons. The zero-order chi connectivity index (χ0) is 11.1. The number of nitrogens with zero attached hydrogens (tertiary/aromatic N) is 3. The predicted octanol–water partition coefficient (Wildman–Crippen LogP) is 1.63. The van der Waals surface area contributed by atoms with Gasteiger partial charge in [0.2, 0.25) is 0 Å². The zero-order valence-corrected chi connectivity index (χ0v) is 9.07. The molecule has 3 rings (SSSR count). The van der Waals surface area contributed by atoms with Crippen LogP contribution in [0.1, 0.15) is 30.1 Å². The van der Waals surface area contributed by atoms with Crippen LogP contribution in [0.4, 0.5) is 5.82 Å². The Morgan fingerprint density at radius 1 is 1.31 bits per heavy atom. The Hall–Kier alpha value is -1.91. The molecular formula is C11H13N5. The topological polar surface area (TPSA) is 80.5 Å². The number of nitrogen functional groups attached to an aromatic ring is 1. The number of aromatic nitrogens is 4. The number of nitrogens with one attached hydrogen (secondary N) is 1. The zero-order valence-electron chi connectivity index (χ0n) is 9.07. The number of hydrogen-bond donors (Lipinski definition) is 2. The Kier molecular flexibility index (Phi) is 1.92. The summed E-state index contributed by atoms with van der Waals surface area (Å²) in [6.07, 6.45) is 2.50. The minimum Gasteiger partial charge on any atom is -0.384 e. The molecule has 1 aliphatic rings. The number of hydrogen-bond acceptors (Lipinski definition) is 4. The number of aryl methyl sites for hydroxylation is 1. The van der Waals surface area contributed by atoms with E-state index in [4.69, 9.17) is 5.73 Å². The van der Waals surface area contributed by atoms with Gasteiger partial charge < -0.3 is 5.73 Å². The van der Waals surface area contributed by atoms with Crippen LogP contribution in [0.2, 0.25) is 0 Å². The molecule has 2 aromatic rings. The normalized spacial score (nSPS) is 15.3. The highest BCUT2D eigenvalue weighted by atomic mass is 15.1. The monoisotopic (exact) mass is 215 g/mol. The Morgan fingerprint density at radius 2 is 2.12 bits per heavy atom. The van der Waals surface area contributed by atoms with E-state index < -0.39 is 0 Å². The first-order valence-corrected chi connectivity index (χ1v) is 5.39. The van der Waals surface area contributed by atoms with Crippen LogP contribution >= 0.6 is 0 Å². The molecule has 0 amide bonds. The van der Waals surface area contributed by atoms with Crippen molar-refractivity contribution in [2.45, 2.75) is 25.7 Å². The lowest BCUT2D eigenvalue weighted by Crippen LogP contribution is -1.97. The second kappa shape index (κ2) is 3.30. The van der Waals surface area contributed by atoms with Gasteiger partial charge in [-0.25, -0.2) is 9.97 Å². The van der Waals surface area contributed by atoms with Crippen LogP contribution in [0.3, 0.4) is 0 Å². The molecule has 5 heteroatoms. The third kappa shape index (κ3) is 1.64. The molecular weight excluding hydrogens is 202 g/mol. The van der Waals surface area contributed by atoms with Crippen LogP contribution in [-0.4, -0.2) is 20.2 Å². The molecule has 0 bridgehead atoms. The Bertz CT molecular complexity index is 507. The number of anilines is 1. The molecule has 0 unspecified atom stereocenters. The molecule has 0 spiro atoms. The molecule has 5 nitrogen and oxygen atoms in total. The first kappa shape index (κ1) is 9.33. The standard InChI is InChI=1S/C11H13N5/c1-6-4-10(12)14-11(13-6)9-5-8(15-16-9)7-2-3-7/h4-5,7H,2-3H2,1H3,(H,15,16)(H2,12,13,14). The van der Waals surface area contributed by atoms with Gasteiger partial charge in [0, 0.05) is 23.4 Å². The minimum absolute atomic E-state index is 0.485. The average molecular weight is 215 g/mol. The van der Waals surface area contributed by atoms with E-state index in [-0.39, 0.29) is 0 Å². The first-order valence-electron chi connectivity index (χ1n) is 5.39. The Labute approximate surface area is 93.1 Å². The van der Waals surface area contributed by atoms with E-state index in [9.17, 15) is 0 Å². The number of aromatic amines is 1. The molecule has 0 atom stereocenters. The van der Waals surface area contributed by atoms with Crippen molar-refractivity contribution < 1.29 is 0 Å². The van der Waals surface area contributed by atoms with Crippen LogP contribution in [0.5, 0.6) is 0 Å². The van der Waals surface area contributed by atoms with Gasteiger partial charge in [0.15, 0.2) is 5.82 Å². The molecule has 2 aromatic heterocycles. The van der Waals surface area contributed by atoms with E-state index >= 15 is 0 Å². The molecule has 0 aliphatic heterocycles. The van der Waals surface area contributed by atoms with Crippen LogP contribution < -0.4 is 5.73 Å². The summed E-state index contributed by atoms with van der Waals surface area (Å²) in [4.78, 5) is 8.51. The SMILES string of the molecule is Cc1cc(N)nc(-c2cc(C3CC3)[nH]n2)n1. The maximum atomic E-state index is 5.69. The van der Waals surface area contributed by atoms with Crippen LogP contribution in [-0.2, 0) is 0 Å². The Balaban J connectivity index is 2.00. The highest BCUT2D eigenvalue weighted by Gasteiger charge is 2.26. The number of nitrogens with two attached hydrogens (primary N) is 1. The lowest BCUT2D eigenvalue weighted by atomic mass is 10.2. The van der Waals surface area contributed by atoms with Crippen molar-refractivity contribution in [1.29, 1.82) is 0 Å². The molecule has 0 saturated heterocycles. The smallest absolute Gasteiger partial charge is 0.182 e. The van der Waals surface area contributed by atoms with Gasteiger partial charge in [0.05, 0.1) is 0 Å². The molecule has 0 aromatic carbocycles. The number of rotatable bonds is 2. The fraction of sp³-hybridized carbons (Fsp3) is 0.364. The molecule has 3 N–H and O–H groups in total. The predicted molar refractivity (Wildman–Crippen MR) is 60.7 cm³/mol. The van der Waals surface area contributed by atoms with Crippen molar-refractivity contribution in [3.8, 4) is 11.5 Å². The molecule has 1 fully saturated rings. The molecule has 16 heavy (non-hydrogen) atoms. The highest BCUT2D eigenvalue weighted by molar-refractivity contribution is 5.52. The first-order chi connectivity index (χ1) is 7.72. The molecule has 1 aliphatic carbocycles. The summed E-state index contributed by atoms with van der Waals surface area (Å²) in [5.41, 5.74) is 8.50. The van der Waals surface area contributed by atoms with Gasteiger partial charge in [-0.05, 0) is 25.8 Å². The van der Waals surface area contributed by atoms with Crippen molar-refractivity contribution in [1.82, 2.24) is 20.2 Å². The summed E-state index contributed by atoms with van der Waals surface area (Å²) in [6.45, 7) is 1.90. The van der Waals surface area contributed by atoms with E-state index in [1.54, 1.807) is 6.07 Å². The maximum Gasteiger partial charge on any atom is 0.182 e. The maximum absolute atomic E-state index is 5.69. The van der Waals surface area contributed by atoms with Crippen molar-refractivity contribution >= 4 is 5.82 Å². The fourth-order valence-electron chi connectivity index (χ4n) is 1.76. The molecule has 1 saturated carbocycles. The average Bonchev–Trinajstić information content (AvgIpc) is 2.95. The Morgan fingerprint density at radius 3 is 2.81 bits per heavy atom. The number of H-pyrrole nitrogens is 1. The minimum atomic E-state index is 0.485. The van der Waals surface area contributed by atoms with Crippen LogP contribution in [0, 0.1) is 6.92 Å². The van der Waals surface area contributed by atoms with Crippen molar-refractivity contribution in [2.24, 2.45) is 0 Å². The second-order valence-electron chi connectivity index (χ2n) is 4.24. The van der Waals surface area contributed by atoms with Crippen LogP contribution in [0.25, 0.3) is 11.5 Å². The van der Waals surface area contributed by atoms with E-state index in [0.717, 1.165) is 11.4 Å². The van der Waals surface area contributed by atoms with E-state index in [1.807, 2.05) is 13.0 Å². The largest absolute Gasteiger partial charge is 0.384 e. The summed E-state index contributed by atoms with van der Waals surface area (Å²) >= 11 is 0. The van der Waals surface area contributed by atoms with Crippen molar-refractivity contribution in [3.63, 3.8) is 0 Å². The lowest BCUT2D eigenvalue weighted by molar-refractivity contribution is 0.962. The van der Waals surface area contributed by atoms with Crippen molar-refractivity contribution in [2.75, 3.05) is 5.73 Å². The van der Waals surface area contributed by atoms with Crippen molar-refractivity contribution in [3.05, 3.63) is 23.5 Å². The van der Waals surface area contributed by atoms with Gasteiger partial charge in [-0.1, -0.05) is 0 Å². The molecule has 2 heterocycles. The van der Waals surface area contributed by atoms with Gasteiger partial charge in [0.25, 0.3) is 0 Å². The van der Waals surface area contributed by atoms with E-state index in [0.29, 0.717) is 17.6 Å². The van der Waals surface area contributed by atoms with Gasteiger partial charge in [-0.3, -0.25) is 5.10 Å². The lowest BCUT2D eigenvalue weighted by Gasteiger charge is -1.98. The summed E-state index contributed by atoms with van der Waals surface area (Å²) in [7, 11) is 0. The van der Waals surface area contributed by atoms with Gasteiger partial charge in [0.1, 0.15) is 11.5 Å². The van der Waals surface area contributed by atoms with Gasteiger partial charge in [-0.15, -0.1) is 0 Å². The summed E-state index contributed by atoms with van der Waals surface area (Å²) in [5, 5.41) is 7.26. The quantitative estimate of drug-likeness (QED) is 0.797. The van der Waals surface area contributed by atoms with Gasteiger partial charge in [-0.2, -0.15) is 5.10 Å². The third-order valence-electron chi connectivity index (χ3n) is 2.72. The summed E-state index contributed by atoms with van der Waals surface area (Å²) < 4.78 is 0. The second-order valence-corrected chi connectivity index (χ2v) is 4.24. The van der Waals surface area contributed by atoms with Crippen LogP contribution in [0.15, 0.2) is 12.1 Å². The van der Waals surface area contributed by atoms with E-state index in [1.165, 1.54) is 18.5 Å². The fourth-order valence-corrected chi connectivity index (χ4v) is 1.76. The summed E-state index contributed by atoms with van der Waals surface area (Å²) in [5.74, 6) is 1.74. The van der Waals surface area contributed by atoms with Gasteiger partial charge >= 0.3 is 0 Å². The summed E-state index contributed by atoms with van der Waals surface area (Å²) in [6, 6.07) is 3.77. The molecule has 0 radical (unpaired) electrons. The van der Waals surface area contributed by atoms with E-state index in [2.05, 4.69) is 20.2 Å². The third-order valence-corrected chi connectivity index (χ3v) is 2.72.